The van der Waals surface area contributed by atoms with Gasteiger partial charge in [0.15, 0.2) is 0 Å². The van der Waals surface area contributed by atoms with Crippen molar-refractivity contribution in [1.29, 1.82) is 0 Å². The van der Waals surface area contributed by atoms with E-state index in [2.05, 4.69) is 6.58 Å². The number of carbonyl (C=O) groups is 1. The van der Waals surface area contributed by atoms with Crippen molar-refractivity contribution in [3.8, 4) is 0 Å². The zero-order valence-corrected chi connectivity index (χ0v) is 9.11. The molecule has 2 aliphatic rings. The number of aliphatic hydroxyl groups excluding tert-OH is 1. The third kappa shape index (κ3) is 1.59. The molecule has 0 radical (unpaired) electrons. The highest BCUT2D eigenvalue weighted by atomic mass is 16.3. The quantitative estimate of drug-likeness (QED) is 0.700. The Morgan fingerprint density at radius 3 is 3.13 bits per heavy atom. The van der Waals surface area contributed by atoms with E-state index in [1.165, 1.54) is 0 Å². The number of nitrogens with zero attached hydrogens (tertiary/aromatic N) is 1. The van der Waals surface area contributed by atoms with Crippen LogP contribution < -0.4 is 0 Å². The van der Waals surface area contributed by atoms with Gasteiger partial charge in [0.2, 0.25) is 5.91 Å². The van der Waals surface area contributed by atoms with Crippen molar-refractivity contribution < 1.29 is 9.90 Å². The molecule has 2 rings (SSSR count). The van der Waals surface area contributed by atoms with Crippen LogP contribution in [0.15, 0.2) is 12.7 Å². The lowest BCUT2D eigenvalue weighted by Crippen LogP contribution is -2.53. The zero-order valence-electron chi connectivity index (χ0n) is 9.11. The molecular weight excluding hydrogens is 190 g/mol. The Balaban J connectivity index is 2.32. The average molecular weight is 209 g/mol. The van der Waals surface area contributed by atoms with Gasteiger partial charge in [-0.3, -0.25) is 4.79 Å². The van der Waals surface area contributed by atoms with E-state index in [4.69, 9.17) is 0 Å². The van der Waals surface area contributed by atoms with Crippen LogP contribution in [0.1, 0.15) is 38.5 Å². The number of hydrogen-bond acceptors (Lipinski definition) is 2. The predicted molar refractivity (Wildman–Crippen MR) is 58.3 cm³/mol. The van der Waals surface area contributed by atoms with Gasteiger partial charge in [0, 0.05) is 13.0 Å². The highest BCUT2D eigenvalue weighted by Gasteiger charge is 2.48. The fourth-order valence-corrected chi connectivity index (χ4v) is 3.07. The number of fused-ring (bicyclic) bond motifs is 1. The molecule has 84 valence electrons. The van der Waals surface area contributed by atoms with Gasteiger partial charge in [0.1, 0.15) is 0 Å². The molecule has 3 nitrogen and oxygen atoms in total. The molecular formula is C12H19NO2. The van der Waals surface area contributed by atoms with Gasteiger partial charge in [-0.1, -0.05) is 6.08 Å². The van der Waals surface area contributed by atoms with Gasteiger partial charge in [0.05, 0.1) is 11.6 Å². The minimum Gasteiger partial charge on any atom is -0.391 e. The summed E-state index contributed by atoms with van der Waals surface area (Å²) in [5.74, 6) is 0.214. The maximum atomic E-state index is 11.9. The summed E-state index contributed by atoms with van der Waals surface area (Å²) in [6, 6.07) is 0. The Morgan fingerprint density at radius 1 is 1.60 bits per heavy atom. The van der Waals surface area contributed by atoms with Crippen LogP contribution in [-0.4, -0.2) is 34.1 Å². The maximum absolute atomic E-state index is 11.9. The Kier molecular flexibility index (Phi) is 2.83. The van der Waals surface area contributed by atoms with Crippen molar-refractivity contribution in [2.45, 2.75) is 50.2 Å². The molecule has 0 aromatic rings. The number of aliphatic hydroxyl groups is 1. The molecule has 3 heteroatoms. The van der Waals surface area contributed by atoms with Crippen molar-refractivity contribution in [2.24, 2.45) is 0 Å². The van der Waals surface area contributed by atoms with Crippen molar-refractivity contribution in [3.63, 3.8) is 0 Å². The van der Waals surface area contributed by atoms with E-state index in [9.17, 15) is 9.90 Å². The molecule has 0 aliphatic carbocycles. The lowest BCUT2D eigenvalue weighted by molar-refractivity contribution is -0.137. The van der Waals surface area contributed by atoms with Crippen LogP contribution >= 0.6 is 0 Å². The van der Waals surface area contributed by atoms with E-state index >= 15 is 0 Å². The molecule has 2 fully saturated rings. The molecule has 15 heavy (non-hydrogen) atoms. The third-order valence-corrected chi connectivity index (χ3v) is 3.82. The summed E-state index contributed by atoms with van der Waals surface area (Å²) in [5, 5.41) is 10.2. The summed E-state index contributed by atoms with van der Waals surface area (Å²) in [7, 11) is 0. The molecule has 0 spiro atoms. The molecule has 0 saturated carbocycles. The minimum atomic E-state index is -0.371. The number of rotatable bonds is 2. The van der Waals surface area contributed by atoms with Gasteiger partial charge in [-0.2, -0.15) is 0 Å². The van der Waals surface area contributed by atoms with Gasteiger partial charge in [-0.25, -0.2) is 0 Å². The van der Waals surface area contributed by atoms with Crippen molar-refractivity contribution >= 4 is 5.91 Å². The highest BCUT2D eigenvalue weighted by Crippen LogP contribution is 2.40. The van der Waals surface area contributed by atoms with E-state index < -0.39 is 0 Å². The molecule has 0 aromatic heterocycles. The molecule has 0 unspecified atom stereocenters. The van der Waals surface area contributed by atoms with Crippen LogP contribution in [0.4, 0.5) is 0 Å². The van der Waals surface area contributed by atoms with Gasteiger partial charge in [-0.15, -0.1) is 6.58 Å². The lowest BCUT2D eigenvalue weighted by Gasteiger charge is -2.40. The summed E-state index contributed by atoms with van der Waals surface area (Å²) in [6.45, 7) is 4.56. The van der Waals surface area contributed by atoms with Crippen molar-refractivity contribution in [1.82, 2.24) is 4.90 Å². The van der Waals surface area contributed by atoms with E-state index in [1.807, 2.05) is 11.0 Å². The van der Waals surface area contributed by atoms with Gasteiger partial charge in [-0.05, 0) is 32.1 Å². The fourth-order valence-electron chi connectivity index (χ4n) is 3.07. The first-order valence-electron chi connectivity index (χ1n) is 5.80. The van der Waals surface area contributed by atoms with E-state index in [0.29, 0.717) is 6.42 Å². The third-order valence-electron chi connectivity index (χ3n) is 3.82. The smallest absolute Gasteiger partial charge is 0.223 e. The van der Waals surface area contributed by atoms with Gasteiger partial charge < -0.3 is 10.0 Å². The van der Waals surface area contributed by atoms with Crippen LogP contribution in [0, 0.1) is 0 Å². The van der Waals surface area contributed by atoms with Gasteiger partial charge in [0.25, 0.3) is 0 Å². The summed E-state index contributed by atoms with van der Waals surface area (Å²) in [5.41, 5.74) is -0.324. The van der Waals surface area contributed by atoms with Crippen molar-refractivity contribution in [2.75, 3.05) is 6.54 Å². The second kappa shape index (κ2) is 3.97. The second-order valence-electron chi connectivity index (χ2n) is 4.65. The first-order chi connectivity index (χ1) is 7.20. The van der Waals surface area contributed by atoms with E-state index in [0.717, 1.165) is 38.6 Å². The largest absolute Gasteiger partial charge is 0.391 e. The SMILES string of the molecule is C=CC[C@]12CCCN1C(=O)CCC[C@H]2O. The van der Waals surface area contributed by atoms with Crippen LogP contribution in [0.5, 0.6) is 0 Å². The number of hydrogen-bond donors (Lipinski definition) is 1. The zero-order chi connectivity index (χ0) is 10.9. The predicted octanol–water partition coefficient (Wildman–Crippen LogP) is 1.47. The summed E-state index contributed by atoms with van der Waals surface area (Å²) < 4.78 is 0. The Labute approximate surface area is 90.8 Å². The Hall–Kier alpha value is -0.830. The van der Waals surface area contributed by atoms with Crippen LogP contribution in [0.25, 0.3) is 0 Å². The second-order valence-corrected chi connectivity index (χ2v) is 4.65. The summed E-state index contributed by atoms with van der Waals surface area (Å²) >= 11 is 0. The summed E-state index contributed by atoms with van der Waals surface area (Å²) in [6.07, 6.45) is 6.27. The topological polar surface area (TPSA) is 40.5 Å². The summed E-state index contributed by atoms with van der Waals surface area (Å²) in [4.78, 5) is 13.8. The molecule has 2 aliphatic heterocycles. The first-order valence-corrected chi connectivity index (χ1v) is 5.80. The van der Waals surface area contributed by atoms with Gasteiger partial charge >= 0.3 is 0 Å². The first kappa shape index (κ1) is 10.7. The van der Waals surface area contributed by atoms with E-state index in [1.54, 1.807) is 0 Å². The molecule has 0 aromatic carbocycles. The van der Waals surface area contributed by atoms with Crippen molar-refractivity contribution in [3.05, 3.63) is 12.7 Å². The van der Waals surface area contributed by atoms with Crippen LogP contribution in [0.2, 0.25) is 0 Å². The Bertz CT molecular complexity index is 277. The number of carbonyl (C=O) groups excluding carboxylic acids is 1. The fraction of sp³-hybridized carbons (Fsp3) is 0.750. The molecule has 2 saturated heterocycles. The van der Waals surface area contributed by atoms with Crippen LogP contribution in [0.3, 0.4) is 0 Å². The normalized spacial score (nSPS) is 36.2. The standard InChI is InChI=1S/C12H19NO2/c1-2-7-12-8-4-9-13(12)11(15)6-3-5-10(12)14/h2,10,14H,1,3-9H2/t10-,12-/m1/s1. The highest BCUT2D eigenvalue weighted by molar-refractivity contribution is 5.78. The maximum Gasteiger partial charge on any atom is 0.223 e. The number of amides is 1. The lowest BCUT2D eigenvalue weighted by atomic mass is 9.84. The Morgan fingerprint density at radius 2 is 2.40 bits per heavy atom. The molecule has 1 amide bonds. The minimum absolute atomic E-state index is 0.214. The molecule has 1 N–H and O–H groups in total. The molecule has 2 heterocycles. The van der Waals surface area contributed by atoms with Crippen LogP contribution in [-0.2, 0) is 4.79 Å². The molecule has 2 atom stereocenters. The average Bonchev–Trinajstić information content (AvgIpc) is 2.59. The monoisotopic (exact) mass is 209 g/mol. The molecule has 0 bridgehead atoms. The van der Waals surface area contributed by atoms with E-state index in [-0.39, 0.29) is 17.6 Å².